The van der Waals surface area contributed by atoms with Crippen LogP contribution in [-0.4, -0.2) is 5.75 Å². The fraction of sp³-hybridized carbons (Fsp3) is 1.00. The van der Waals surface area contributed by atoms with Gasteiger partial charge in [-0.05, 0) is 36.3 Å². The van der Waals surface area contributed by atoms with Crippen LogP contribution in [0.25, 0.3) is 0 Å². The van der Waals surface area contributed by atoms with Gasteiger partial charge in [0.05, 0.1) is 0 Å². The van der Waals surface area contributed by atoms with Gasteiger partial charge in [-0.3, -0.25) is 0 Å². The Morgan fingerprint density at radius 1 is 0.938 bits per heavy atom. The van der Waals surface area contributed by atoms with E-state index < -0.39 is 0 Å². The molecule has 0 spiro atoms. The maximum Gasteiger partial charge on any atom is -0.00979 e. The Bertz CT molecular complexity index is 146. The van der Waals surface area contributed by atoms with Crippen molar-refractivity contribution in [3.05, 3.63) is 0 Å². The zero-order valence-corrected chi connectivity index (χ0v) is 12.8. The average Bonchev–Trinajstić information content (AvgIpc) is 2.19. The smallest absolute Gasteiger partial charge is 0.00979 e. The lowest BCUT2D eigenvalue weighted by atomic mass is 9.83. The lowest BCUT2D eigenvalue weighted by molar-refractivity contribution is 0.298. The Kier molecular flexibility index (Phi) is 9.59. The van der Waals surface area contributed by atoms with Crippen molar-refractivity contribution in [2.24, 2.45) is 11.3 Å². The van der Waals surface area contributed by atoms with Crippen LogP contribution in [0.2, 0.25) is 0 Å². The molecule has 0 nitrogen and oxygen atoms in total. The topological polar surface area (TPSA) is 0 Å². The highest BCUT2D eigenvalue weighted by Gasteiger charge is 2.14. The largest absolute Gasteiger partial charge is 0.179 e. The van der Waals surface area contributed by atoms with Gasteiger partial charge in [0.15, 0.2) is 0 Å². The predicted molar refractivity (Wildman–Crippen MR) is 79.4 cm³/mol. The molecule has 0 aromatic heterocycles. The second-order valence-corrected chi connectivity index (χ2v) is 6.77. The molecule has 0 fully saturated rings. The summed E-state index contributed by atoms with van der Waals surface area (Å²) in [7, 11) is 0. The van der Waals surface area contributed by atoms with Gasteiger partial charge < -0.3 is 0 Å². The van der Waals surface area contributed by atoms with Gasteiger partial charge in [-0.25, -0.2) is 0 Å². The zero-order chi connectivity index (χ0) is 12.4. The van der Waals surface area contributed by atoms with Crippen LogP contribution < -0.4 is 0 Å². The molecule has 0 amide bonds. The first kappa shape index (κ1) is 16.4. The standard InChI is InChI=1S/C15H32S/c1-5-9-14(10-7-6-8-13-16)11-12-15(2,3)4/h14,16H,5-13H2,1-4H3. The minimum Gasteiger partial charge on any atom is -0.179 e. The molecule has 98 valence electrons. The minimum absolute atomic E-state index is 0.511. The Morgan fingerprint density at radius 2 is 1.62 bits per heavy atom. The first-order chi connectivity index (χ1) is 7.49. The second-order valence-electron chi connectivity index (χ2n) is 6.33. The molecule has 16 heavy (non-hydrogen) atoms. The summed E-state index contributed by atoms with van der Waals surface area (Å²) in [6.07, 6.45) is 11.1. The first-order valence-electron chi connectivity index (χ1n) is 7.10. The Morgan fingerprint density at radius 3 is 2.12 bits per heavy atom. The van der Waals surface area contributed by atoms with Crippen LogP contribution in [0.5, 0.6) is 0 Å². The normalized spacial score (nSPS) is 14.1. The van der Waals surface area contributed by atoms with Crippen molar-refractivity contribution < 1.29 is 0 Å². The summed E-state index contributed by atoms with van der Waals surface area (Å²) >= 11 is 4.27. The third kappa shape index (κ3) is 10.9. The molecule has 0 heterocycles. The van der Waals surface area contributed by atoms with Crippen molar-refractivity contribution in [1.29, 1.82) is 0 Å². The van der Waals surface area contributed by atoms with Crippen LogP contribution in [-0.2, 0) is 0 Å². The molecule has 0 saturated carbocycles. The Labute approximate surface area is 109 Å². The quantitative estimate of drug-likeness (QED) is 0.389. The number of thiol groups is 1. The Hall–Kier alpha value is 0.350. The lowest BCUT2D eigenvalue weighted by Gasteiger charge is -2.23. The van der Waals surface area contributed by atoms with Gasteiger partial charge in [0.1, 0.15) is 0 Å². The van der Waals surface area contributed by atoms with E-state index in [1.165, 1.54) is 51.4 Å². The molecule has 0 radical (unpaired) electrons. The van der Waals surface area contributed by atoms with Gasteiger partial charge >= 0.3 is 0 Å². The fourth-order valence-corrected chi connectivity index (χ4v) is 2.42. The molecule has 0 bridgehead atoms. The number of rotatable bonds is 9. The zero-order valence-electron chi connectivity index (χ0n) is 11.9. The second kappa shape index (κ2) is 9.39. The van der Waals surface area contributed by atoms with E-state index in [4.69, 9.17) is 0 Å². The van der Waals surface area contributed by atoms with Crippen LogP contribution >= 0.6 is 12.6 Å². The molecule has 0 aromatic rings. The van der Waals surface area contributed by atoms with Crippen LogP contribution in [0, 0.1) is 11.3 Å². The molecule has 0 N–H and O–H groups in total. The molecule has 0 rings (SSSR count). The summed E-state index contributed by atoms with van der Waals surface area (Å²) in [4.78, 5) is 0. The summed E-state index contributed by atoms with van der Waals surface area (Å²) in [5.41, 5.74) is 0.511. The monoisotopic (exact) mass is 244 g/mol. The molecule has 1 atom stereocenters. The van der Waals surface area contributed by atoms with E-state index in [2.05, 4.69) is 40.3 Å². The lowest BCUT2D eigenvalue weighted by Crippen LogP contribution is -2.09. The highest BCUT2D eigenvalue weighted by atomic mass is 32.1. The number of unbranched alkanes of at least 4 members (excludes halogenated alkanes) is 2. The van der Waals surface area contributed by atoms with E-state index in [0.29, 0.717) is 5.41 Å². The van der Waals surface area contributed by atoms with Crippen molar-refractivity contribution in [2.45, 2.75) is 79.1 Å². The minimum atomic E-state index is 0.511. The summed E-state index contributed by atoms with van der Waals surface area (Å²) in [6.45, 7) is 9.39. The van der Waals surface area contributed by atoms with Crippen LogP contribution in [0.1, 0.15) is 79.1 Å². The summed E-state index contributed by atoms with van der Waals surface area (Å²) in [5.74, 6) is 2.03. The molecule has 1 unspecified atom stereocenters. The number of hydrogen-bond acceptors (Lipinski definition) is 1. The molecule has 0 saturated heterocycles. The van der Waals surface area contributed by atoms with E-state index in [-0.39, 0.29) is 0 Å². The molecule has 0 aliphatic rings. The van der Waals surface area contributed by atoms with Gasteiger partial charge in [0.25, 0.3) is 0 Å². The van der Waals surface area contributed by atoms with Crippen molar-refractivity contribution in [2.75, 3.05) is 5.75 Å². The van der Waals surface area contributed by atoms with Crippen molar-refractivity contribution in [1.82, 2.24) is 0 Å². The third-order valence-electron chi connectivity index (χ3n) is 3.27. The molecular weight excluding hydrogens is 212 g/mol. The van der Waals surface area contributed by atoms with Crippen LogP contribution in [0.3, 0.4) is 0 Å². The maximum atomic E-state index is 4.27. The van der Waals surface area contributed by atoms with Crippen molar-refractivity contribution >= 4 is 12.6 Å². The van der Waals surface area contributed by atoms with E-state index in [0.717, 1.165) is 11.7 Å². The average molecular weight is 244 g/mol. The van der Waals surface area contributed by atoms with Crippen molar-refractivity contribution in [3.8, 4) is 0 Å². The highest BCUT2D eigenvalue weighted by Crippen LogP contribution is 2.28. The predicted octanol–water partition coefficient (Wildman–Crippen LogP) is 5.72. The molecule has 0 aromatic carbocycles. The SMILES string of the molecule is CCCC(CCCCCS)CCC(C)(C)C. The maximum absolute atomic E-state index is 4.27. The van der Waals surface area contributed by atoms with E-state index >= 15 is 0 Å². The van der Waals surface area contributed by atoms with E-state index in [9.17, 15) is 0 Å². The van der Waals surface area contributed by atoms with Crippen LogP contribution in [0.4, 0.5) is 0 Å². The van der Waals surface area contributed by atoms with Crippen molar-refractivity contribution in [3.63, 3.8) is 0 Å². The molecular formula is C15H32S. The summed E-state index contributed by atoms with van der Waals surface area (Å²) in [5, 5.41) is 0. The summed E-state index contributed by atoms with van der Waals surface area (Å²) in [6, 6.07) is 0. The fourth-order valence-electron chi connectivity index (χ4n) is 2.20. The van der Waals surface area contributed by atoms with Gasteiger partial charge in [-0.1, -0.05) is 59.8 Å². The first-order valence-corrected chi connectivity index (χ1v) is 7.73. The molecule has 0 aliphatic carbocycles. The van der Waals surface area contributed by atoms with E-state index in [1.807, 2.05) is 0 Å². The summed E-state index contributed by atoms with van der Waals surface area (Å²) < 4.78 is 0. The van der Waals surface area contributed by atoms with Crippen LogP contribution in [0.15, 0.2) is 0 Å². The van der Waals surface area contributed by atoms with Gasteiger partial charge in [-0.15, -0.1) is 0 Å². The van der Waals surface area contributed by atoms with Gasteiger partial charge in [0, 0.05) is 0 Å². The van der Waals surface area contributed by atoms with E-state index in [1.54, 1.807) is 0 Å². The molecule has 1 heteroatoms. The molecule has 0 aliphatic heterocycles. The Balaban J connectivity index is 3.70. The van der Waals surface area contributed by atoms with Gasteiger partial charge in [-0.2, -0.15) is 12.6 Å². The third-order valence-corrected chi connectivity index (χ3v) is 3.59. The highest BCUT2D eigenvalue weighted by molar-refractivity contribution is 7.80. The number of hydrogen-bond donors (Lipinski definition) is 1. The van der Waals surface area contributed by atoms with Gasteiger partial charge in [0.2, 0.25) is 0 Å².